The molecule has 0 bridgehead atoms. The highest BCUT2D eigenvalue weighted by Gasteiger charge is 2.70. The Morgan fingerprint density at radius 2 is 1.38 bits per heavy atom. The minimum atomic E-state index is -2.01. The minimum Gasteiger partial charge on any atom is -0.479 e. The van der Waals surface area contributed by atoms with E-state index in [4.69, 9.17) is 28.4 Å². The zero-order chi connectivity index (χ0) is 46.9. The smallest absolute Gasteiger partial charge is 0.335 e. The second kappa shape index (κ2) is 16.9. The SMILES string of the molecule is CC1OC(OC2C(OC3C(OC4CCC5(C)C(CCC6(C)C5CC=C5C7CC(C)(C)CC(O)C7(C)CCC56C)C4(C)CO)OC(C(=O)O)C(O)C3O)OCC(O)C2O)C(O)C(O)C1O. The van der Waals surface area contributed by atoms with E-state index in [1.807, 2.05) is 6.92 Å². The van der Waals surface area contributed by atoms with Gasteiger partial charge in [-0.25, -0.2) is 4.79 Å². The van der Waals surface area contributed by atoms with Crippen LogP contribution in [0, 0.1) is 50.2 Å². The van der Waals surface area contributed by atoms with Crippen molar-refractivity contribution >= 4 is 5.97 Å². The van der Waals surface area contributed by atoms with Crippen LogP contribution in [0.2, 0.25) is 0 Å². The number of hydrogen-bond donors (Lipinski definition) is 10. The van der Waals surface area contributed by atoms with Crippen LogP contribution in [0.25, 0.3) is 0 Å². The summed E-state index contributed by atoms with van der Waals surface area (Å²) in [5.74, 6) is -1.05. The van der Waals surface area contributed by atoms with Crippen molar-refractivity contribution in [3.05, 3.63) is 11.6 Å². The van der Waals surface area contributed by atoms with E-state index >= 15 is 0 Å². The van der Waals surface area contributed by atoms with Crippen LogP contribution in [0.4, 0.5) is 0 Å². The molecule has 0 aromatic carbocycles. The minimum absolute atomic E-state index is 0.0286. The highest BCUT2D eigenvalue weighted by atomic mass is 16.8. The van der Waals surface area contributed by atoms with E-state index < -0.39 is 110 Å². The van der Waals surface area contributed by atoms with E-state index in [1.165, 1.54) is 12.5 Å². The summed E-state index contributed by atoms with van der Waals surface area (Å²) >= 11 is 0. The van der Waals surface area contributed by atoms with Gasteiger partial charge in [-0.1, -0.05) is 60.1 Å². The van der Waals surface area contributed by atoms with E-state index in [9.17, 15) is 55.9 Å². The standard InChI is InChI=1S/C47H76O17/c1-21-29(51)31(53)34(56)39(60-21)63-36-30(52)24(49)19-59-40(36)64-37-33(55)32(54)35(38(57)58)62-41(37)61-28-12-13-44(5)25(45(28,6)20-48)11-14-47(8)26(44)10-9-22-23-17-42(2,3)18-27(50)43(23,4)15-16-46(22,47)7/h9,21,23-37,39-41,48-56H,10-20H2,1-8H3,(H,57,58). The van der Waals surface area contributed by atoms with Crippen molar-refractivity contribution in [3.63, 3.8) is 0 Å². The second-order valence-corrected chi connectivity index (χ2v) is 23.2. The summed E-state index contributed by atoms with van der Waals surface area (Å²) in [6, 6.07) is 0. The van der Waals surface area contributed by atoms with Crippen LogP contribution in [-0.4, -0.2) is 168 Å². The maximum atomic E-state index is 12.4. The first-order valence-electron chi connectivity index (χ1n) is 23.7. The first-order valence-corrected chi connectivity index (χ1v) is 23.7. The number of carbonyl (C=O) groups is 1. The average Bonchev–Trinajstić information content (AvgIpc) is 3.22. The van der Waals surface area contributed by atoms with Gasteiger partial charge in [-0.2, -0.15) is 0 Å². The number of rotatable bonds is 8. The number of allylic oxidation sites excluding steroid dienone is 2. The van der Waals surface area contributed by atoms with Crippen molar-refractivity contribution < 1.29 is 84.3 Å². The van der Waals surface area contributed by atoms with Crippen LogP contribution in [0.3, 0.4) is 0 Å². The number of ether oxygens (including phenoxy) is 6. The Morgan fingerprint density at radius 1 is 0.703 bits per heavy atom. The summed E-state index contributed by atoms with van der Waals surface area (Å²) in [6.07, 6.45) is -14.5. The predicted octanol–water partition coefficient (Wildman–Crippen LogP) is 1.34. The average molecular weight is 913 g/mol. The monoisotopic (exact) mass is 913 g/mol. The number of fused-ring (bicyclic) bond motifs is 7. The molecule has 0 amide bonds. The summed E-state index contributed by atoms with van der Waals surface area (Å²) in [6.45, 7) is 16.8. The molecule has 17 heteroatoms. The lowest BCUT2D eigenvalue weighted by Crippen LogP contribution is -2.68. The summed E-state index contributed by atoms with van der Waals surface area (Å²) < 4.78 is 36.1. The quantitative estimate of drug-likeness (QED) is 0.122. The lowest BCUT2D eigenvalue weighted by Gasteiger charge is -2.72. The molecule has 0 aromatic heterocycles. The fourth-order valence-electron chi connectivity index (χ4n) is 14.8. The van der Waals surface area contributed by atoms with Crippen molar-refractivity contribution in [2.45, 2.75) is 211 Å². The summed E-state index contributed by atoms with van der Waals surface area (Å²) in [4.78, 5) is 12.4. The number of aliphatic carboxylic acids is 1. The molecular formula is C47H76O17. The van der Waals surface area contributed by atoms with Gasteiger partial charge in [-0.15, -0.1) is 0 Å². The molecule has 3 saturated heterocycles. The van der Waals surface area contributed by atoms with Crippen LogP contribution in [-0.2, 0) is 33.2 Å². The molecule has 4 saturated carbocycles. The Kier molecular flexibility index (Phi) is 13.0. The number of aliphatic hydroxyl groups is 9. The molecule has 24 unspecified atom stereocenters. The van der Waals surface area contributed by atoms with Gasteiger partial charge in [-0.3, -0.25) is 0 Å². The topological polar surface area (TPSA) is 275 Å². The van der Waals surface area contributed by atoms with E-state index in [-0.39, 0.29) is 51.6 Å². The van der Waals surface area contributed by atoms with Crippen LogP contribution in [0.1, 0.15) is 113 Å². The molecule has 3 heterocycles. The molecule has 3 aliphatic heterocycles. The third kappa shape index (κ3) is 7.49. The van der Waals surface area contributed by atoms with Crippen molar-refractivity contribution in [2.24, 2.45) is 50.2 Å². The first-order chi connectivity index (χ1) is 29.8. The number of carboxylic acids is 1. The molecule has 17 nitrogen and oxygen atoms in total. The van der Waals surface area contributed by atoms with E-state index in [0.29, 0.717) is 18.8 Å². The number of hydrogen-bond acceptors (Lipinski definition) is 16. The molecule has 8 aliphatic rings. The molecule has 0 aromatic rings. The Balaban J connectivity index is 1.06. The fraction of sp³-hybridized carbons (Fsp3) is 0.936. The largest absolute Gasteiger partial charge is 0.479 e. The second-order valence-electron chi connectivity index (χ2n) is 23.2. The third-order valence-electron chi connectivity index (χ3n) is 19.1. The molecule has 7 fully saturated rings. The van der Waals surface area contributed by atoms with Gasteiger partial charge in [0.25, 0.3) is 0 Å². The van der Waals surface area contributed by atoms with Crippen molar-refractivity contribution in [1.82, 2.24) is 0 Å². The van der Waals surface area contributed by atoms with Gasteiger partial charge >= 0.3 is 5.97 Å². The molecule has 5 aliphatic carbocycles. The molecule has 8 rings (SSSR count). The first kappa shape index (κ1) is 49.0. The lowest BCUT2D eigenvalue weighted by atomic mass is 9.33. The van der Waals surface area contributed by atoms with E-state index in [2.05, 4.69) is 47.6 Å². The number of carboxylic acid groups (broad SMARTS) is 1. The van der Waals surface area contributed by atoms with Gasteiger partial charge < -0.3 is 79.5 Å². The lowest BCUT2D eigenvalue weighted by molar-refractivity contribution is -0.387. The van der Waals surface area contributed by atoms with Crippen LogP contribution in [0.15, 0.2) is 11.6 Å². The molecule has 24 atom stereocenters. The Bertz CT molecular complexity index is 1760. The van der Waals surface area contributed by atoms with Crippen molar-refractivity contribution in [1.29, 1.82) is 0 Å². The Morgan fingerprint density at radius 3 is 2.05 bits per heavy atom. The van der Waals surface area contributed by atoms with E-state index in [1.54, 1.807) is 0 Å². The molecule has 0 radical (unpaired) electrons. The van der Waals surface area contributed by atoms with Gasteiger partial charge in [0, 0.05) is 10.8 Å². The number of aliphatic hydroxyl groups excluding tert-OH is 9. The molecule has 0 spiro atoms. The zero-order valence-electron chi connectivity index (χ0n) is 38.7. The van der Waals surface area contributed by atoms with Gasteiger partial charge in [0.15, 0.2) is 25.0 Å². The summed E-state index contributed by atoms with van der Waals surface area (Å²) in [5, 5.41) is 109. The Labute approximate surface area is 376 Å². The fourth-order valence-corrected chi connectivity index (χ4v) is 14.8. The molecular weight excluding hydrogens is 837 g/mol. The normalized spacial score (nSPS) is 56.1. The molecule has 64 heavy (non-hydrogen) atoms. The third-order valence-corrected chi connectivity index (χ3v) is 19.1. The van der Waals surface area contributed by atoms with Crippen molar-refractivity contribution in [2.75, 3.05) is 13.2 Å². The van der Waals surface area contributed by atoms with Gasteiger partial charge in [0.1, 0.15) is 54.9 Å². The summed E-state index contributed by atoms with van der Waals surface area (Å²) in [7, 11) is 0. The van der Waals surface area contributed by atoms with E-state index in [0.717, 1.165) is 44.9 Å². The predicted molar refractivity (Wildman–Crippen MR) is 225 cm³/mol. The van der Waals surface area contributed by atoms with Crippen LogP contribution >= 0.6 is 0 Å². The zero-order valence-corrected chi connectivity index (χ0v) is 38.7. The Hall–Kier alpha value is -1.39. The van der Waals surface area contributed by atoms with Gasteiger partial charge in [-0.05, 0) is 104 Å². The maximum Gasteiger partial charge on any atom is 0.335 e. The van der Waals surface area contributed by atoms with Gasteiger partial charge in [0.2, 0.25) is 0 Å². The summed E-state index contributed by atoms with van der Waals surface area (Å²) in [5.41, 5.74) is 0.0929. The highest BCUT2D eigenvalue weighted by molar-refractivity contribution is 5.73. The van der Waals surface area contributed by atoms with Gasteiger partial charge in [0.05, 0.1) is 31.5 Å². The molecule has 10 N–H and O–H groups in total. The maximum absolute atomic E-state index is 12.4. The molecule has 366 valence electrons. The highest BCUT2D eigenvalue weighted by Crippen LogP contribution is 2.76. The van der Waals surface area contributed by atoms with Crippen LogP contribution in [0.5, 0.6) is 0 Å². The van der Waals surface area contributed by atoms with Crippen LogP contribution < -0.4 is 0 Å². The van der Waals surface area contributed by atoms with Crippen molar-refractivity contribution in [3.8, 4) is 0 Å².